The number of aromatic nitrogens is 2. The topological polar surface area (TPSA) is 51.8 Å². The molecule has 18 heavy (non-hydrogen) atoms. The lowest BCUT2D eigenvalue weighted by atomic mass is 9.98. The zero-order valence-corrected chi connectivity index (χ0v) is 12.5. The standard InChI is InChI=1S/C13H17N3S2/c1-13(2,3)11-16-9(7-4-5-7)10(18-11)8-6-17-12(14)15-8/h6-7H,4-5H2,1-3H3,(H2,14,15). The van der Waals surface area contributed by atoms with Crippen molar-refractivity contribution in [3.8, 4) is 10.6 Å². The Bertz CT molecular complexity index is 573. The fourth-order valence-corrected chi connectivity index (χ4v) is 3.66. The van der Waals surface area contributed by atoms with Crippen molar-refractivity contribution in [1.29, 1.82) is 0 Å². The summed E-state index contributed by atoms with van der Waals surface area (Å²) >= 11 is 3.28. The molecule has 0 atom stereocenters. The molecular weight excluding hydrogens is 262 g/mol. The highest BCUT2D eigenvalue weighted by Crippen LogP contribution is 2.47. The summed E-state index contributed by atoms with van der Waals surface area (Å²) in [6.07, 6.45) is 2.53. The molecule has 2 aromatic rings. The summed E-state index contributed by atoms with van der Waals surface area (Å²) in [4.78, 5) is 10.5. The molecule has 3 rings (SSSR count). The van der Waals surface area contributed by atoms with E-state index in [0.29, 0.717) is 11.0 Å². The Hall–Kier alpha value is -0.940. The zero-order chi connectivity index (χ0) is 12.9. The molecule has 0 aromatic carbocycles. The van der Waals surface area contributed by atoms with Gasteiger partial charge in [0.1, 0.15) is 0 Å². The lowest BCUT2D eigenvalue weighted by Crippen LogP contribution is -2.10. The van der Waals surface area contributed by atoms with Gasteiger partial charge in [0.2, 0.25) is 0 Å². The molecular formula is C13H17N3S2. The monoisotopic (exact) mass is 279 g/mol. The lowest BCUT2D eigenvalue weighted by molar-refractivity contribution is 0.583. The van der Waals surface area contributed by atoms with Crippen molar-refractivity contribution in [2.75, 3.05) is 5.73 Å². The molecule has 2 aromatic heterocycles. The molecule has 1 aliphatic rings. The first kappa shape index (κ1) is 12.1. The minimum absolute atomic E-state index is 0.105. The van der Waals surface area contributed by atoms with Crippen LogP contribution in [0.3, 0.4) is 0 Å². The molecule has 96 valence electrons. The Labute approximate surface area is 115 Å². The van der Waals surface area contributed by atoms with Gasteiger partial charge in [-0.1, -0.05) is 20.8 Å². The van der Waals surface area contributed by atoms with Crippen LogP contribution in [-0.4, -0.2) is 9.97 Å². The number of anilines is 1. The van der Waals surface area contributed by atoms with Crippen LogP contribution in [0.1, 0.15) is 50.2 Å². The molecule has 1 aliphatic carbocycles. The van der Waals surface area contributed by atoms with Crippen molar-refractivity contribution in [1.82, 2.24) is 9.97 Å². The van der Waals surface area contributed by atoms with Crippen LogP contribution in [0, 0.1) is 0 Å². The molecule has 5 heteroatoms. The maximum Gasteiger partial charge on any atom is 0.180 e. The summed E-state index contributed by atoms with van der Waals surface area (Å²) in [6, 6.07) is 0. The maximum absolute atomic E-state index is 5.74. The summed E-state index contributed by atoms with van der Waals surface area (Å²) < 4.78 is 0. The molecule has 0 radical (unpaired) electrons. The molecule has 1 fully saturated rings. The number of hydrogen-bond acceptors (Lipinski definition) is 5. The molecule has 2 heterocycles. The highest BCUT2D eigenvalue weighted by Gasteiger charge is 2.32. The van der Waals surface area contributed by atoms with Gasteiger partial charge in [0.25, 0.3) is 0 Å². The molecule has 2 N–H and O–H groups in total. The zero-order valence-electron chi connectivity index (χ0n) is 10.9. The van der Waals surface area contributed by atoms with Crippen LogP contribution in [0.15, 0.2) is 5.38 Å². The van der Waals surface area contributed by atoms with Crippen molar-refractivity contribution >= 4 is 27.8 Å². The number of hydrogen-bond donors (Lipinski definition) is 1. The van der Waals surface area contributed by atoms with Gasteiger partial charge in [-0.3, -0.25) is 0 Å². The minimum Gasteiger partial charge on any atom is -0.375 e. The van der Waals surface area contributed by atoms with Crippen LogP contribution in [-0.2, 0) is 5.41 Å². The lowest BCUT2D eigenvalue weighted by Gasteiger charge is -2.13. The van der Waals surface area contributed by atoms with E-state index in [2.05, 4.69) is 25.8 Å². The average Bonchev–Trinajstić information content (AvgIpc) is 2.86. The van der Waals surface area contributed by atoms with Crippen LogP contribution in [0.25, 0.3) is 10.6 Å². The molecule has 3 nitrogen and oxygen atoms in total. The van der Waals surface area contributed by atoms with Crippen LogP contribution in [0.2, 0.25) is 0 Å². The Morgan fingerprint density at radius 1 is 1.28 bits per heavy atom. The summed E-state index contributed by atoms with van der Waals surface area (Å²) in [5.41, 5.74) is 8.10. The van der Waals surface area contributed by atoms with E-state index in [-0.39, 0.29) is 5.41 Å². The number of nitrogen functional groups attached to an aromatic ring is 1. The average molecular weight is 279 g/mol. The van der Waals surface area contributed by atoms with Gasteiger partial charge in [-0.15, -0.1) is 22.7 Å². The SMILES string of the molecule is CC(C)(C)c1nc(C2CC2)c(-c2csc(N)n2)s1. The Morgan fingerprint density at radius 2 is 2.00 bits per heavy atom. The number of nitrogens with two attached hydrogens (primary N) is 1. The van der Waals surface area contributed by atoms with Crippen molar-refractivity contribution in [2.24, 2.45) is 0 Å². The molecule has 1 saturated carbocycles. The first-order valence-electron chi connectivity index (χ1n) is 6.18. The maximum atomic E-state index is 5.74. The van der Waals surface area contributed by atoms with E-state index in [1.165, 1.54) is 39.8 Å². The Balaban J connectivity index is 2.09. The van der Waals surface area contributed by atoms with E-state index >= 15 is 0 Å². The van der Waals surface area contributed by atoms with Gasteiger partial charge >= 0.3 is 0 Å². The highest BCUT2D eigenvalue weighted by atomic mass is 32.1. The largest absolute Gasteiger partial charge is 0.375 e. The van der Waals surface area contributed by atoms with Gasteiger partial charge in [-0.2, -0.15) is 0 Å². The van der Waals surface area contributed by atoms with Gasteiger partial charge in [0.15, 0.2) is 5.13 Å². The first-order valence-corrected chi connectivity index (χ1v) is 7.87. The van der Waals surface area contributed by atoms with Gasteiger partial charge in [-0.05, 0) is 12.8 Å². The second-order valence-electron chi connectivity index (χ2n) is 5.83. The van der Waals surface area contributed by atoms with E-state index in [4.69, 9.17) is 10.7 Å². The minimum atomic E-state index is 0.105. The van der Waals surface area contributed by atoms with E-state index in [1.54, 1.807) is 11.3 Å². The second kappa shape index (κ2) is 4.03. The second-order valence-corrected chi connectivity index (χ2v) is 7.72. The third kappa shape index (κ3) is 2.17. The summed E-state index contributed by atoms with van der Waals surface area (Å²) in [5, 5.41) is 3.88. The first-order chi connectivity index (χ1) is 8.45. The van der Waals surface area contributed by atoms with E-state index in [1.807, 2.05) is 5.38 Å². The van der Waals surface area contributed by atoms with Crippen LogP contribution >= 0.6 is 22.7 Å². The summed E-state index contributed by atoms with van der Waals surface area (Å²) in [6.45, 7) is 6.63. The van der Waals surface area contributed by atoms with E-state index in [0.717, 1.165) is 5.69 Å². The number of thiazole rings is 2. The third-order valence-corrected chi connectivity index (χ3v) is 5.21. The molecule has 0 aliphatic heterocycles. The van der Waals surface area contributed by atoms with Crippen molar-refractivity contribution < 1.29 is 0 Å². The number of nitrogens with zero attached hydrogens (tertiary/aromatic N) is 2. The van der Waals surface area contributed by atoms with Crippen molar-refractivity contribution in [3.05, 3.63) is 16.1 Å². The van der Waals surface area contributed by atoms with Crippen molar-refractivity contribution in [2.45, 2.75) is 44.9 Å². The molecule has 0 spiro atoms. The van der Waals surface area contributed by atoms with Crippen LogP contribution in [0.5, 0.6) is 0 Å². The van der Waals surface area contributed by atoms with Gasteiger partial charge in [-0.25, -0.2) is 9.97 Å². The highest BCUT2D eigenvalue weighted by molar-refractivity contribution is 7.16. The molecule has 0 unspecified atom stereocenters. The predicted molar refractivity (Wildman–Crippen MR) is 78.3 cm³/mol. The van der Waals surface area contributed by atoms with Gasteiger partial charge < -0.3 is 5.73 Å². The van der Waals surface area contributed by atoms with Crippen LogP contribution < -0.4 is 5.73 Å². The fraction of sp³-hybridized carbons (Fsp3) is 0.538. The molecule has 0 amide bonds. The Kier molecular flexibility index (Phi) is 2.71. The quantitative estimate of drug-likeness (QED) is 0.903. The normalized spacial score (nSPS) is 16.2. The Morgan fingerprint density at radius 3 is 2.50 bits per heavy atom. The number of rotatable bonds is 2. The molecule has 0 bridgehead atoms. The summed E-state index contributed by atoms with van der Waals surface area (Å²) in [5.74, 6) is 0.648. The fourth-order valence-electron chi connectivity index (χ4n) is 1.86. The van der Waals surface area contributed by atoms with Crippen LogP contribution in [0.4, 0.5) is 5.13 Å². The van der Waals surface area contributed by atoms with Crippen molar-refractivity contribution in [3.63, 3.8) is 0 Å². The smallest absolute Gasteiger partial charge is 0.180 e. The molecule has 0 saturated heterocycles. The summed E-state index contributed by atoms with van der Waals surface area (Å²) in [7, 11) is 0. The third-order valence-electron chi connectivity index (χ3n) is 3.01. The van der Waals surface area contributed by atoms with Gasteiger partial charge in [0, 0.05) is 16.7 Å². The van der Waals surface area contributed by atoms with Gasteiger partial charge in [0.05, 0.1) is 21.3 Å². The van der Waals surface area contributed by atoms with E-state index in [9.17, 15) is 0 Å². The predicted octanol–water partition coefficient (Wildman–Crippen LogP) is 4.02. The van der Waals surface area contributed by atoms with E-state index < -0.39 is 0 Å².